The molecule has 2 amide bonds. The van der Waals surface area contributed by atoms with Crippen LogP contribution in [0.5, 0.6) is 0 Å². The van der Waals surface area contributed by atoms with Crippen molar-refractivity contribution in [1.82, 2.24) is 9.80 Å². The van der Waals surface area contributed by atoms with E-state index < -0.39 is 21.8 Å². The SMILES string of the molecule is O=C(O)[C@@H]1CSCN1C(=O)N1CCCS(=O)(=O)CC1. The predicted molar refractivity (Wildman–Crippen MR) is 70.8 cm³/mol. The Kier molecular flexibility index (Phi) is 4.24. The Labute approximate surface area is 115 Å². The Balaban J connectivity index is 2.05. The zero-order valence-corrected chi connectivity index (χ0v) is 12.0. The van der Waals surface area contributed by atoms with Crippen molar-refractivity contribution in [3.63, 3.8) is 0 Å². The van der Waals surface area contributed by atoms with Crippen molar-refractivity contribution in [2.75, 3.05) is 36.2 Å². The van der Waals surface area contributed by atoms with Gasteiger partial charge < -0.3 is 14.9 Å². The smallest absolute Gasteiger partial charge is 0.327 e. The number of carbonyl (C=O) groups is 2. The number of urea groups is 1. The van der Waals surface area contributed by atoms with Gasteiger partial charge in [0.1, 0.15) is 6.04 Å². The summed E-state index contributed by atoms with van der Waals surface area (Å²) in [4.78, 5) is 26.1. The van der Waals surface area contributed by atoms with E-state index in [4.69, 9.17) is 5.11 Å². The molecular weight excluding hydrogens is 292 g/mol. The summed E-state index contributed by atoms with van der Waals surface area (Å²) in [5.74, 6) is -0.238. The van der Waals surface area contributed by atoms with E-state index in [-0.39, 0.29) is 24.1 Å². The van der Waals surface area contributed by atoms with Crippen LogP contribution in [-0.2, 0) is 14.6 Å². The summed E-state index contributed by atoms with van der Waals surface area (Å²) in [5.41, 5.74) is 0. The predicted octanol–water partition coefficient (Wildman–Crippen LogP) is -0.314. The summed E-state index contributed by atoms with van der Waals surface area (Å²) in [6, 6.07) is -1.17. The first-order chi connectivity index (χ1) is 8.91. The Morgan fingerprint density at radius 3 is 2.63 bits per heavy atom. The Morgan fingerprint density at radius 1 is 1.21 bits per heavy atom. The van der Waals surface area contributed by atoms with E-state index >= 15 is 0 Å². The van der Waals surface area contributed by atoms with Crippen LogP contribution in [0.15, 0.2) is 0 Å². The van der Waals surface area contributed by atoms with Gasteiger partial charge in [0.2, 0.25) is 0 Å². The van der Waals surface area contributed by atoms with Crippen molar-refractivity contribution in [3.05, 3.63) is 0 Å². The molecule has 0 saturated carbocycles. The molecular formula is C10H16N2O5S2. The molecule has 2 heterocycles. The average molecular weight is 308 g/mol. The number of hydrogen-bond donors (Lipinski definition) is 1. The topological polar surface area (TPSA) is 95.0 Å². The van der Waals surface area contributed by atoms with Crippen molar-refractivity contribution >= 4 is 33.6 Å². The second-order valence-corrected chi connectivity index (χ2v) is 7.90. The molecule has 0 bridgehead atoms. The molecule has 9 heteroatoms. The number of aliphatic carboxylic acids is 1. The first-order valence-electron chi connectivity index (χ1n) is 5.97. The number of carboxylic acids is 1. The van der Waals surface area contributed by atoms with E-state index in [0.29, 0.717) is 24.6 Å². The number of carboxylic acid groups (broad SMARTS) is 1. The van der Waals surface area contributed by atoms with Crippen LogP contribution in [0.1, 0.15) is 6.42 Å². The number of hydrogen-bond acceptors (Lipinski definition) is 5. The lowest BCUT2D eigenvalue weighted by atomic mass is 10.3. The zero-order chi connectivity index (χ0) is 14.0. The largest absolute Gasteiger partial charge is 0.480 e. The minimum absolute atomic E-state index is 0.0442. The molecule has 1 N–H and O–H groups in total. The summed E-state index contributed by atoms with van der Waals surface area (Å²) < 4.78 is 23.0. The number of sulfone groups is 1. The van der Waals surface area contributed by atoms with E-state index in [2.05, 4.69) is 0 Å². The van der Waals surface area contributed by atoms with Crippen LogP contribution in [0.2, 0.25) is 0 Å². The summed E-state index contributed by atoms with van der Waals surface area (Å²) in [6.07, 6.45) is 0.410. The van der Waals surface area contributed by atoms with Crippen LogP contribution >= 0.6 is 11.8 Å². The maximum Gasteiger partial charge on any atom is 0.327 e. The van der Waals surface area contributed by atoms with Gasteiger partial charge in [0, 0.05) is 18.8 Å². The van der Waals surface area contributed by atoms with Crippen LogP contribution in [0.25, 0.3) is 0 Å². The molecule has 2 saturated heterocycles. The molecule has 0 aromatic rings. The highest BCUT2D eigenvalue weighted by Gasteiger charge is 2.37. The molecule has 0 spiro atoms. The van der Waals surface area contributed by atoms with Crippen LogP contribution in [0, 0.1) is 0 Å². The van der Waals surface area contributed by atoms with Gasteiger partial charge in [-0.25, -0.2) is 18.0 Å². The molecule has 0 radical (unpaired) electrons. The van der Waals surface area contributed by atoms with E-state index in [9.17, 15) is 18.0 Å². The number of amides is 2. The highest BCUT2D eigenvalue weighted by atomic mass is 32.2. The molecule has 2 fully saturated rings. The summed E-state index contributed by atoms with van der Waals surface area (Å²) in [5, 5.41) is 9.05. The number of thioether (sulfide) groups is 1. The summed E-state index contributed by atoms with van der Waals surface area (Å²) >= 11 is 1.40. The standard InChI is InChI=1S/C10H16N2O5S2/c13-9(14)8-6-18-7-12(8)10(15)11-2-1-4-19(16,17)5-3-11/h8H,1-7H2,(H,13,14)/t8-/m0/s1. The lowest BCUT2D eigenvalue weighted by Crippen LogP contribution is -2.49. The highest BCUT2D eigenvalue weighted by molar-refractivity contribution is 7.99. The first-order valence-corrected chi connectivity index (χ1v) is 8.95. The second kappa shape index (κ2) is 5.58. The Hall–Kier alpha value is -0.960. The van der Waals surface area contributed by atoms with E-state index in [1.807, 2.05) is 0 Å². The molecule has 2 rings (SSSR count). The molecule has 2 aliphatic heterocycles. The molecule has 0 aromatic heterocycles. The van der Waals surface area contributed by atoms with E-state index in [1.165, 1.54) is 21.6 Å². The van der Waals surface area contributed by atoms with Crippen LogP contribution in [0.3, 0.4) is 0 Å². The third-order valence-electron chi connectivity index (χ3n) is 3.24. The zero-order valence-electron chi connectivity index (χ0n) is 10.3. The van der Waals surface area contributed by atoms with Gasteiger partial charge in [-0.1, -0.05) is 0 Å². The van der Waals surface area contributed by atoms with Gasteiger partial charge >= 0.3 is 12.0 Å². The van der Waals surface area contributed by atoms with E-state index in [1.54, 1.807) is 0 Å². The van der Waals surface area contributed by atoms with Gasteiger partial charge in [-0.05, 0) is 6.42 Å². The monoisotopic (exact) mass is 308 g/mol. The molecule has 0 unspecified atom stereocenters. The third-order valence-corrected chi connectivity index (χ3v) is 5.97. The van der Waals surface area contributed by atoms with Crippen LogP contribution in [-0.4, -0.2) is 77.6 Å². The van der Waals surface area contributed by atoms with Crippen molar-refractivity contribution in [2.24, 2.45) is 0 Å². The Bertz CT molecular complexity index is 478. The maximum absolute atomic E-state index is 12.3. The quantitative estimate of drug-likeness (QED) is 0.714. The lowest BCUT2D eigenvalue weighted by Gasteiger charge is -2.28. The van der Waals surface area contributed by atoms with Crippen molar-refractivity contribution in [2.45, 2.75) is 12.5 Å². The molecule has 0 aliphatic carbocycles. The van der Waals surface area contributed by atoms with Gasteiger partial charge in [0.15, 0.2) is 9.84 Å². The second-order valence-electron chi connectivity index (χ2n) is 4.60. The normalized spacial score (nSPS) is 27.1. The molecule has 2 aliphatic rings. The number of rotatable bonds is 1. The first kappa shape index (κ1) is 14.4. The van der Waals surface area contributed by atoms with Gasteiger partial charge in [0.05, 0.1) is 17.4 Å². The highest BCUT2D eigenvalue weighted by Crippen LogP contribution is 2.23. The fraction of sp³-hybridized carbons (Fsp3) is 0.800. The van der Waals surface area contributed by atoms with E-state index in [0.717, 1.165) is 0 Å². The molecule has 7 nitrogen and oxygen atoms in total. The minimum atomic E-state index is -3.07. The van der Waals surface area contributed by atoms with Crippen molar-refractivity contribution in [3.8, 4) is 0 Å². The summed E-state index contributed by atoms with van der Waals surface area (Å²) in [6.45, 7) is 0.514. The molecule has 19 heavy (non-hydrogen) atoms. The van der Waals surface area contributed by atoms with Gasteiger partial charge in [-0.15, -0.1) is 11.8 Å². The lowest BCUT2D eigenvalue weighted by molar-refractivity contribution is -0.140. The fourth-order valence-corrected chi connectivity index (χ4v) is 4.56. The summed E-state index contributed by atoms with van der Waals surface area (Å²) in [7, 11) is -3.07. The van der Waals surface area contributed by atoms with Crippen molar-refractivity contribution < 1.29 is 23.1 Å². The van der Waals surface area contributed by atoms with Crippen LogP contribution < -0.4 is 0 Å². The number of nitrogens with zero attached hydrogens (tertiary/aromatic N) is 2. The van der Waals surface area contributed by atoms with Gasteiger partial charge in [-0.3, -0.25) is 0 Å². The molecule has 0 aromatic carbocycles. The van der Waals surface area contributed by atoms with Crippen molar-refractivity contribution in [1.29, 1.82) is 0 Å². The number of carbonyl (C=O) groups excluding carboxylic acids is 1. The van der Waals surface area contributed by atoms with Gasteiger partial charge in [0.25, 0.3) is 0 Å². The maximum atomic E-state index is 12.3. The fourth-order valence-electron chi connectivity index (χ4n) is 2.15. The van der Waals surface area contributed by atoms with Crippen LogP contribution in [0.4, 0.5) is 4.79 Å². The van der Waals surface area contributed by atoms with Gasteiger partial charge in [-0.2, -0.15) is 0 Å². The minimum Gasteiger partial charge on any atom is -0.480 e. The Morgan fingerprint density at radius 2 is 1.95 bits per heavy atom. The third kappa shape index (κ3) is 3.33. The average Bonchev–Trinajstić information content (AvgIpc) is 2.74. The molecule has 108 valence electrons. The molecule has 1 atom stereocenters.